The molecule has 2 aromatic carbocycles. The van der Waals surface area contributed by atoms with Gasteiger partial charge in [-0.25, -0.2) is 4.79 Å². The molecule has 1 saturated heterocycles. The van der Waals surface area contributed by atoms with E-state index >= 15 is 0 Å². The minimum absolute atomic E-state index is 0.0355. The van der Waals surface area contributed by atoms with Gasteiger partial charge in [0.15, 0.2) is 0 Å². The zero-order valence-corrected chi connectivity index (χ0v) is 22.0. The summed E-state index contributed by atoms with van der Waals surface area (Å²) in [7, 11) is 1.76. The molecule has 0 spiro atoms. The van der Waals surface area contributed by atoms with Crippen molar-refractivity contribution in [1.29, 1.82) is 0 Å². The van der Waals surface area contributed by atoms with E-state index in [0.29, 0.717) is 18.7 Å². The molecule has 1 atom stereocenters. The van der Waals surface area contributed by atoms with Gasteiger partial charge in [0, 0.05) is 44.0 Å². The first-order valence-electron chi connectivity index (χ1n) is 13.8. The number of fused-ring (bicyclic) bond motifs is 1. The Labute approximate surface area is 224 Å². The Hall–Kier alpha value is -3.39. The number of methoxy groups -OCH3 is 1. The van der Waals surface area contributed by atoms with Gasteiger partial charge in [-0.2, -0.15) is 0 Å². The monoisotopic (exact) mass is 519 g/mol. The number of nitrogens with one attached hydrogen (secondary N) is 1. The molecule has 8 heteroatoms. The van der Waals surface area contributed by atoms with Crippen molar-refractivity contribution in [3.8, 4) is 0 Å². The number of piperidine rings is 1. The molecule has 2 N–H and O–H groups in total. The van der Waals surface area contributed by atoms with Crippen LogP contribution in [0.1, 0.15) is 72.5 Å². The molecule has 8 nitrogen and oxygen atoms in total. The SMILES string of the molecule is COC1CCN(c2cccc3c2CCN(C(=O)C2CCCCC2)C3C(=O)Nc2ccc(C(=O)O)cc2)CC1. The Bertz CT molecular complexity index is 1170. The molecular weight excluding hydrogens is 482 g/mol. The van der Waals surface area contributed by atoms with Crippen molar-refractivity contribution in [1.82, 2.24) is 4.90 Å². The highest BCUT2D eigenvalue weighted by Gasteiger charge is 2.40. The summed E-state index contributed by atoms with van der Waals surface area (Å²) in [5.41, 5.74) is 3.83. The Morgan fingerprint density at radius 1 is 0.921 bits per heavy atom. The maximum atomic E-state index is 13.9. The van der Waals surface area contributed by atoms with Gasteiger partial charge in [-0.15, -0.1) is 0 Å². The van der Waals surface area contributed by atoms with E-state index in [0.717, 1.165) is 74.8 Å². The third-order valence-electron chi connectivity index (χ3n) is 8.40. The predicted octanol–water partition coefficient (Wildman–Crippen LogP) is 4.64. The van der Waals surface area contributed by atoms with E-state index in [1.54, 1.807) is 24.1 Å². The maximum Gasteiger partial charge on any atom is 0.335 e. The van der Waals surface area contributed by atoms with E-state index < -0.39 is 12.0 Å². The van der Waals surface area contributed by atoms with Gasteiger partial charge in [0.05, 0.1) is 11.7 Å². The van der Waals surface area contributed by atoms with Crippen LogP contribution in [0.25, 0.3) is 0 Å². The summed E-state index contributed by atoms with van der Waals surface area (Å²) in [4.78, 5) is 43.0. The molecule has 38 heavy (non-hydrogen) atoms. The van der Waals surface area contributed by atoms with E-state index in [9.17, 15) is 19.5 Å². The third-order valence-corrected chi connectivity index (χ3v) is 8.40. The average Bonchev–Trinajstić information content (AvgIpc) is 2.96. The van der Waals surface area contributed by atoms with Crippen molar-refractivity contribution in [2.45, 2.75) is 63.5 Å². The lowest BCUT2D eigenvalue weighted by Gasteiger charge is -2.41. The van der Waals surface area contributed by atoms with Gasteiger partial charge in [0.2, 0.25) is 5.91 Å². The lowest BCUT2D eigenvalue weighted by atomic mass is 9.85. The highest BCUT2D eigenvalue weighted by molar-refractivity contribution is 5.99. The maximum absolute atomic E-state index is 13.9. The molecule has 2 heterocycles. The Kier molecular flexibility index (Phi) is 7.98. The van der Waals surface area contributed by atoms with Gasteiger partial charge in [-0.3, -0.25) is 9.59 Å². The third kappa shape index (κ3) is 5.41. The van der Waals surface area contributed by atoms with Crippen molar-refractivity contribution in [2.24, 2.45) is 5.92 Å². The van der Waals surface area contributed by atoms with Gasteiger partial charge in [-0.05, 0) is 73.6 Å². The van der Waals surface area contributed by atoms with E-state index in [1.807, 2.05) is 12.1 Å². The van der Waals surface area contributed by atoms with E-state index in [-0.39, 0.29) is 29.4 Å². The second-order valence-electron chi connectivity index (χ2n) is 10.7. The van der Waals surface area contributed by atoms with Gasteiger partial charge in [0.25, 0.3) is 5.91 Å². The highest BCUT2D eigenvalue weighted by atomic mass is 16.5. The molecular formula is C30H37N3O5. The second-order valence-corrected chi connectivity index (χ2v) is 10.7. The van der Waals surface area contributed by atoms with Crippen molar-refractivity contribution in [2.75, 3.05) is 37.0 Å². The quantitative estimate of drug-likeness (QED) is 0.577. The Morgan fingerprint density at radius 2 is 1.63 bits per heavy atom. The van der Waals surface area contributed by atoms with Crippen molar-refractivity contribution < 1.29 is 24.2 Å². The van der Waals surface area contributed by atoms with Crippen LogP contribution in [-0.2, 0) is 20.7 Å². The fourth-order valence-corrected chi connectivity index (χ4v) is 6.29. The first kappa shape index (κ1) is 26.2. The predicted molar refractivity (Wildman–Crippen MR) is 145 cm³/mol. The number of carboxylic acids is 1. The molecule has 202 valence electrons. The molecule has 5 rings (SSSR count). The zero-order chi connectivity index (χ0) is 26.6. The smallest absolute Gasteiger partial charge is 0.335 e. The zero-order valence-electron chi connectivity index (χ0n) is 22.0. The van der Waals surface area contributed by atoms with Crippen LogP contribution in [0.15, 0.2) is 42.5 Å². The summed E-state index contributed by atoms with van der Waals surface area (Å²) in [5, 5.41) is 12.2. The van der Waals surface area contributed by atoms with Crippen LogP contribution in [0.5, 0.6) is 0 Å². The number of nitrogens with zero attached hydrogens (tertiary/aromatic N) is 2. The number of carboxylic acid groups (broad SMARTS) is 1. The number of carbonyl (C=O) groups excluding carboxylic acids is 2. The number of amides is 2. The first-order valence-corrected chi connectivity index (χ1v) is 13.8. The number of aromatic carboxylic acids is 1. The molecule has 3 aliphatic rings. The Morgan fingerprint density at radius 3 is 2.29 bits per heavy atom. The van der Waals surface area contributed by atoms with Crippen LogP contribution in [0.4, 0.5) is 11.4 Å². The van der Waals surface area contributed by atoms with Gasteiger partial charge < -0.3 is 25.0 Å². The van der Waals surface area contributed by atoms with Gasteiger partial charge in [-0.1, -0.05) is 31.4 Å². The molecule has 0 radical (unpaired) electrons. The summed E-state index contributed by atoms with van der Waals surface area (Å²) in [6, 6.07) is 11.5. The molecule has 2 aliphatic heterocycles. The lowest BCUT2D eigenvalue weighted by molar-refractivity contribution is -0.143. The van der Waals surface area contributed by atoms with E-state index in [1.165, 1.54) is 12.1 Å². The van der Waals surface area contributed by atoms with Crippen LogP contribution in [0.3, 0.4) is 0 Å². The molecule has 0 bridgehead atoms. The van der Waals surface area contributed by atoms with Crippen LogP contribution >= 0.6 is 0 Å². The van der Waals surface area contributed by atoms with Crippen LogP contribution in [0, 0.1) is 5.92 Å². The molecule has 1 unspecified atom stereocenters. The van der Waals surface area contributed by atoms with Crippen molar-refractivity contribution >= 4 is 29.2 Å². The largest absolute Gasteiger partial charge is 0.478 e. The number of ether oxygens (including phenoxy) is 1. The summed E-state index contributed by atoms with van der Waals surface area (Å²) in [6.45, 7) is 2.29. The summed E-state index contributed by atoms with van der Waals surface area (Å²) < 4.78 is 5.56. The molecule has 1 aliphatic carbocycles. The van der Waals surface area contributed by atoms with Crippen molar-refractivity contribution in [3.05, 3.63) is 59.2 Å². The average molecular weight is 520 g/mol. The van der Waals surface area contributed by atoms with E-state index in [2.05, 4.69) is 16.3 Å². The fourth-order valence-electron chi connectivity index (χ4n) is 6.29. The molecule has 2 fully saturated rings. The topological polar surface area (TPSA) is 99.2 Å². The van der Waals surface area contributed by atoms with Gasteiger partial charge >= 0.3 is 5.97 Å². The number of anilines is 2. The molecule has 0 aromatic heterocycles. The summed E-state index contributed by atoms with van der Waals surface area (Å²) in [6.07, 6.45) is 7.93. The summed E-state index contributed by atoms with van der Waals surface area (Å²) >= 11 is 0. The van der Waals surface area contributed by atoms with E-state index in [4.69, 9.17) is 4.74 Å². The number of benzene rings is 2. The molecule has 2 aromatic rings. The normalized spacial score (nSPS) is 20.6. The van der Waals surface area contributed by atoms with Crippen LogP contribution < -0.4 is 10.2 Å². The second kappa shape index (κ2) is 11.6. The van der Waals surface area contributed by atoms with Crippen LogP contribution in [-0.4, -0.2) is 60.6 Å². The number of hydrogen-bond donors (Lipinski definition) is 2. The molecule has 2 amide bonds. The minimum atomic E-state index is -1.02. The van der Waals surface area contributed by atoms with Gasteiger partial charge in [0.1, 0.15) is 6.04 Å². The number of carbonyl (C=O) groups is 3. The lowest BCUT2D eigenvalue weighted by Crippen LogP contribution is -2.48. The number of hydrogen-bond acceptors (Lipinski definition) is 5. The standard InChI is InChI=1S/C30H37N3O5/c1-38-23-14-17-32(18-15-23)26-9-5-8-25-24(26)16-19-33(29(35)20-6-3-2-4-7-20)27(25)28(34)31-22-12-10-21(11-13-22)30(36)37/h5,8-13,20,23,27H,2-4,6-7,14-19H2,1H3,(H,31,34)(H,36,37). The fraction of sp³-hybridized carbons (Fsp3) is 0.500. The molecule has 1 saturated carbocycles. The van der Waals surface area contributed by atoms with Crippen LogP contribution in [0.2, 0.25) is 0 Å². The summed E-state index contributed by atoms with van der Waals surface area (Å²) in [5.74, 6) is -1.25. The highest BCUT2D eigenvalue weighted by Crippen LogP contribution is 2.39. The minimum Gasteiger partial charge on any atom is -0.478 e. The number of rotatable bonds is 6. The van der Waals surface area contributed by atoms with Crippen molar-refractivity contribution in [3.63, 3.8) is 0 Å². The first-order chi connectivity index (χ1) is 18.5. The Balaban J connectivity index is 1.46.